The molecule has 1 amide bonds. The molecule has 2 aromatic carbocycles. The highest BCUT2D eigenvalue weighted by Crippen LogP contribution is 2.19. The van der Waals surface area contributed by atoms with Gasteiger partial charge in [0.05, 0.1) is 17.8 Å². The Morgan fingerprint density at radius 3 is 2.46 bits per heavy atom. The first kappa shape index (κ1) is 25.7. The van der Waals surface area contributed by atoms with E-state index >= 15 is 0 Å². The molecular formula is C28H31N7O2. The third-order valence-electron chi connectivity index (χ3n) is 5.82. The molecule has 0 saturated heterocycles. The number of anilines is 1. The fourth-order valence-electron chi connectivity index (χ4n) is 3.80. The lowest BCUT2D eigenvalue weighted by Gasteiger charge is -2.10. The molecule has 0 spiro atoms. The van der Waals surface area contributed by atoms with Gasteiger partial charge in [-0.05, 0) is 63.3 Å². The molecule has 4 aromatic rings. The number of unbranched alkanes of at least 4 members (excludes halogenated alkanes) is 1. The predicted octanol–water partition coefficient (Wildman–Crippen LogP) is 3.07. The lowest BCUT2D eigenvalue weighted by Crippen LogP contribution is -2.25. The Kier molecular flexibility index (Phi) is 8.37. The normalized spacial score (nSPS) is 11.0. The van der Waals surface area contributed by atoms with E-state index in [-0.39, 0.29) is 11.5 Å². The van der Waals surface area contributed by atoms with Gasteiger partial charge in [-0.15, -0.1) is 0 Å². The van der Waals surface area contributed by atoms with Crippen LogP contribution in [0.25, 0.3) is 22.6 Å². The number of nitrogen functional groups attached to an aromatic ring is 1. The molecule has 0 saturated carbocycles. The van der Waals surface area contributed by atoms with Gasteiger partial charge in [-0.25, -0.2) is 14.6 Å². The van der Waals surface area contributed by atoms with E-state index in [0.29, 0.717) is 35.9 Å². The molecule has 2 aromatic heterocycles. The molecule has 0 atom stereocenters. The van der Waals surface area contributed by atoms with Crippen molar-refractivity contribution in [1.29, 1.82) is 0 Å². The van der Waals surface area contributed by atoms with E-state index in [1.165, 1.54) is 23.1 Å². The van der Waals surface area contributed by atoms with Crippen molar-refractivity contribution in [3.63, 3.8) is 0 Å². The molecule has 37 heavy (non-hydrogen) atoms. The highest BCUT2D eigenvalue weighted by molar-refractivity contribution is 5.93. The minimum Gasteiger partial charge on any atom is -0.399 e. The Labute approximate surface area is 216 Å². The number of nitrogens with zero attached hydrogens (tertiary/aromatic N) is 5. The van der Waals surface area contributed by atoms with Gasteiger partial charge in [0, 0.05) is 41.8 Å². The second kappa shape index (κ2) is 12.0. The number of rotatable bonds is 10. The van der Waals surface area contributed by atoms with E-state index in [2.05, 4.69) is 25.3 Å². The Morgan fingerprint density at radius 2 is 1.73 bits per heavy atom. The molecule has 4 rings (SSSR count). The first-order valence-corrected chi connectivity index (χ1v) is 12.2. The minimum absolute atomic E-state index is 0.184. The van der Waals surface area contributed by atoms with E-state index in [0.717, 1.165) is 36.1 Å². The monoisotopic (exact) mass is 497 g/mol. The van der Waals surface area contributed by atoms with Crippen molar-refractivity contribution < 1.29 is 4.79 Å². The van der Waals surface area contributed by atoms with Gasteiger partial charge in [0.15, 0.2) is 5.82 Å². The molecule has 0 aliphatic rings. The number of aromatic nitrogens is 4. The van der Waals surface area contributed by atoms with Gasteiger partial charge in [-0.1, -0.05) is 30.3 Å². The van der Waals surface area contributed by atoms with E-state index in [9.17, 15) is 9.59 Å². The zero-order chi connectivity index (χ0) is 26.2. The van der Waals surface area contributed by atoms with Gasteiger partial charge in [-0.2, -0.15) is 5.10 Å². The van der Waals surface area contributed by atoms with Crippen molar-refractivity contribution in [2.45, 2.75) is 19.4 Å². The summed E-state index contributed by atoms with van der Waals surface area (Å²) in [6.07, 6.45) is 5.00. The summed E-state index contributed by atoms with van der Waals surface area (Å²) in [6, 6.07) is 18.2. The Hall–Kier alpha value is -4.37. The molecule has 2 heterocycles. The zero-order valence-electron chi connectivity index (χ0n) is 21.1. The van der Waals surface area contributed by atoms with Crippen molar-refractivity contribution in [3.05, 3.63) is 94.5 Å². The summed E-state index contributed by atoms with van der Waals surface area (Å²) in [5, 5.41) is 7.44. The highest BCUT2D eigenvalue weighted by Gasteiger charge is 2.10. The predicted molar refractivity (Wildman–Crippen MR) is 145 cm³/mol. The van der Waals surface area contributed by atoms with Crippen molar-refractivity contribution >= 4 is 11.6 Å². The van der Waals surface area contributed by atoms with Crippen LogP contribution in [0, 0.1) is 0 Å². The number of nitrogens with one attached hydrogen (secondary N) is 1. The molecule has 0 fully saturated rings. The van der Waals surface area contributed by atoms with E-state index < -0.39 is 0 Å². The molecule has 190 valence electrons. The number of carbonyl (C=O) groups excluding carboxylic acids is 1. The van der Waals surface area contributed by atoms with Crippen LogP contribution < -0.4 is 16.6 Å². The third kappa shape index (κ3) is 7.08. The molecule has 9 heteroatoms. The highest BCUT2D eigenvalue weighted by atomic mass is 16.1. The first-order valence-electron chi connectivity index (χ1n) is 12.2. The van der Waals surface area contributed by atoms with Crippen LogP contribution in [0.15, 0.2) is 77.9 Å². The maximum atomic E-state index is 12.5. The summed E-state index contributed by atoms with van der Waals surface area (Å²) in [7, 11) is 4.06. The number of hydrogen-bond acceptors (Lipinski definition) is 7. The first-order chi connectivity index (χ1) is 17.9. The average molecular weight is 498 g/mol. The molecule has 0 unspecified atom stereocenters. The van der Waals surface area contributed by atoms with Crippen LogP contribution in [0.1, 0.15) is 28.8 Å². The molecule has 9 nitrogen and oxygen atoms in total. The molecular weight excluding hydrogens is 466 g/mol. The molecule has 0 radical (unpaired) electrons. The fraction of sp³-hybridized carbons (Fsp3) is 0.250. The number of nitrogens with two attached hydrogens (primary N) is 1. The maximum absolute atomic E-state index is 12.5. The van der Waals surface area contributed by atoms with Crippen LogP contribution in [0.2, 0.25) is 0 Å². The average Bonchev–Trinajstić information content (AvgIpc) is 2.90. The van der Waals surface area contributed by atoms with Crippen LogP contribution in [0.5, 0.6) is 0 Å². The van der Waals surface area contributed by atoms with Crippen LogP contribution in [-0.4, -0.2) is 57.7 Å². The SMILES string of the molecule is CN(C)CCCCNC(=O)c1cnc(-c2cccc(Cn3nc(-c4ccc(N)cc4)ccc3=O)c2)nc1. The third-order valence-corrected chi connectivity index (χ3v) is 5.82. The lowest BCUT2D eigenvalue weighted by atomic mass is 10.1. The summed E-state index contributed by atoms with van der Waals surface area (Å²) in [5.41, 5.74) is 9.90. The van der Waals surface area contributed by atoms with Crippen molar-refractivity contribution in [2.24, 2.45) is 0 Å². The summed E-state index contributed by atoms with van der Waals surface area (Å²) in [5.74, 6) is 0.317. The standard InChI is InChI=1S/C28H31N7O2/c1-34(2)15-4-3-14-30-28(37)23-17-31-27(32-18-23)22-7-5-6-20(16-22)19-35-26(36)13-12-25(33-35)21-8-10-24(29)11-9-21/h5-13,16-18H,3-4,14-15,19,29H2,1-2H3,(H,30,37). The Morgan fingerprint density at radius 1 is 0.973 bits per heavy atom. The zero-order valence-corrected chi connectivity index (χ0v) is 21.1. The largest absolute Gasteiger partial charge is 0.399 e. The van der Waals surface area contributed by atoms with Crippen LogP contribution in [0.4, 0.5) is 5.69 Å². The number of amides is 1. The second-order valence-electron chi connectivity index (χ2n) is 9.10. The van der Waals surface area contributed by atoms with Gasteiger partial charge in [0.1, 0.15) is 0 Å². The smallest absolute Gasteiger partial charge is 0.267 e. The molecule has 0 aliphatic heterocycles. The summed E-state index contributed by atoms with van der Waals surface area (Å²) in [6.45, 7) is 1.90. The van der Waals surface area contributed by atoms with E-state index in [4.69, 9.17) is 5.73 Å². The van der Waals surface area contributed by atoms with Gasteiger partial charge in [-0.3, -0.25) is 9.59 Å². The minimum atomic E-state index is -0.196. The molecule has 3 N–H and O–H groups in total. The summed E-state index contributed by atoms with van der Waals surface area (Å²) >= 11 is 0. The number of hydrogen-bond donors (Lipinski definition) is 2. The number of benzene rings is 2. The van der Waals surface area contributed by atoms with Gasteiger partial charge < -0.3 is 16.0 Å². The van der Waals surface area contributed by atoms with Gasteiger partial charge in [0.2, 0.25) is 0 Å². The number of carbonyl (C=O) groups is 1. The Balaban J connectivity index is 1.43. The topological polar surface area (TPSA) is 119 Å². The molecule has 0 bridgehead atoms. The van der Waals surface area contributed by atoms with Crippen LogP contribution >= 0.6 is 0 Å². The van der Waals surface area contributed by atoms with E-state index in [1.54, 1.807) is 18.2 Å². The van der Waals surface area contributed by atoms with Crippen molar-refractivity contribution in [3.8, 4) is 22.6 Å². The second-order valence-corrected chi connectivity index (χ2v) is 9.10. The fourth-order valence-corrected chi connectivity index (χ4v) is 3.80. The maximum Gasteiger partial charge on any atom is 0.267 e. The van der Waals surface area contributed by atoms with E-state index in [1.807, 2.05) is 50.5 Å². The summed E-state index contributed by atoms with van der Waals surface area (Å²) < 4.78 is 1.43. The lowest BCUT2D eigenvalue weighted by molar-refractivity contribution is 0.0952. The van der Waals surface area contributed by atoms with Crippen LogP contribution in [0.3, 0.4) is 0 Å². The van der Waals surface area contributed by atoms with Gasteiger partial charge in [0.25, 0.3) is 11.5 Å². The summed E-state index contributed by atoms with van der Waals surface area (Å²) in [4.78, 5) is 35.8. The van der Waals surface area contributed by atoms with Crippen molar-refractivity contribution in [1.82, 2.24) is 30.0 Å². The van der Waals surface area contributed by atoms with Gasteiger partial charge >= 0.3 is 0 Å². The quantitative estimate of drug-likeness (QED) is 0.255. The molecule has 0 aliphatic carbocycles. The van der Waals surface area contributed by atoms with Crippen LogP contribution in [-0.2, 0) is 6.54 Å². The Bertz CT molecular complexity index is 1400. The van der Waals surface area contributed by atoms with Crippen molar-refractivity contribution in [2.75, 3.05) is 32.9 Å².